The summed E-state index contributed by atoms with van der Waals surface area (Å²) in [5, 5.41) is 13.2. The molecule has 0 amide bonds. The third-order valence-corrected chi connectivity index (χ3v) is 3.84. The summed E-state index contributed by atoms with van der Waals surface area (Å²) in [6.07, 6.45) is 2.42. The largest absolute Gasteiger partial charge is 0.394 e. The summed E-state index contributed by atoms with van der Waals surface area (Å²) in [4.78, 5) is 2.38. The Morgan fingerprint density at radius 3 is 2.41 bits per heavy atom. The fourth-order valence-electron chi connectivity index (χ4n) is 2.44. The summed E-state index contributed by atoms with van der Waals surface area (Å²) < 4.78 is 5.27. The lowest BCUT2D eigenvalue weighted by molar-refractivity contribution is 0.0466. The van der Waals surface area contributed by atoms with Crippen LogP contribution >= 0.6 is 0 Å². The van der Waals surface area contributed by atoms with Gasteiger partial charge in [-0.25, -0.2) is 0 Å². The van der Waals surface area contributed by atoms with E-state index in [2.05, 4.69) is 24.1 Å². The van der Waals surface area contributed by atoms with Gasteiger partial charge in [0.25, 0.3) is 0 Å². The molecule has 1 saturated carbocycles. The highest BCUT2D eigenvalue weighted by Crippen LogP contribution is 2.39. The summed E-state index contributed by atoms with van der Waals surface area (Å²) in [5.74, 6) is 0.587. The maximum Gasteiger partial charge on any atom is 0.0679 e. The number of aliphatic hydroxyl groups is 1. The first-order chi connectivity index (χ1) is 8.22. The van der Waals surface area contributed by atoms with E-state index in [1.54, 1.807) is 7.11 Å². The zero-order valence-corrected chi connectivity index (χ0v) is 11.5. The topological polar surface area (TPSA) is 44.7 Å². The zero-order valence-electron chi connectivity index (χ0n) is 11.5. The van der Waals surface area contributed by atoms with E-state index in [0.717, 1.165) is 26.2 Å². The highest BCUT2D eigenvalue weighted by molar-refractivity contribution is 5.01. The van der Waals surface area contributed by atoms with Crippen molar-refractivity contribution < 1.29 is 9.84 Å². The van der Waals surface area contributed by atoms with Crippen molar-refractivity contribution in [2.24, 2.45) is 5.92 Å². The molecule has 2 N–H and O–H groups in total. The third-order valence-electron chi connectivity index (χ3n) is 3.84. The SMILES string of the molecule is CCN(CC)CCNC(CO)(COC)C1CC1. The molecule has 0 bridgehead atoms. The zero-order chi connectivity index (χ0) is 12.7. The van der Waals surface area contributed by atoms with Crippen molar-refractivity contribution in [3.8, 4) is 0 Å². The van der Waals surface area contributed by atoms with Gasteiger partial charge < -0.3 is 20.1 Å². The Labute approximate surface area is 105 Å². The monoisotopic (exact) mass is 244 g/mol. The molecule has 1 aliphatic rings. The molecule has 1 atom stereocenters. The second kappa shape index (κ2) is 7.31. The van der Waals surface area contributed by atoms with Crippen molar-refractivity contribution in [1.29, 1.82) is 0 Å². The number of hydrogen-bond acceptors (Lipinski definition) is 4. The molecule has 0 heterocycles. The molecular weight excluding hydrogens is 216 g/mol. The van der Waals surface area contributed by atoms with Gasteiger partial charge in [-0.2, -0.15) is 0 Å². The van der Waals surface area contributed by atoms with Gasteiger partial charge >= 0.3 is 0 Å². The third kappa shape index (κ3) is 4.21. The Bertz CT molecular complexity index is 206. The van der Waals surface area contributed by atoms with Crippen LogP contribution in [0.5, 0.6) is 0 Å². The number of nitrogens with one attached hydrogen (secondary N) is 1. The molecule has 4 heteroatoms. The van der Waals surface area contributed by atoms with E-state index in [1.165, 1.54) is 12.8 Å². The fraction of sp³-hybridized carbons (Fsp3) is 1.00. The average molecular weight is 244 g/mol. The predicted molar refractivity (Wildman–Crippen MR) is 70.2 cm³/mol. The minimum atomic E-state index is -0.206. The Hall–Kier alpha value is -0.160. The van der Waals surface area contributed by atoms with Crippen molar-refractivity contribution in [3.63, 3.8) is 0 Å². The minimum absolute atomic E-state index is 0.170. The average Bonchev–Trinajstić information content (AvgIpc) is 3.18. The number of nitrogens with zero attached hydrogens (tertiary/aromatic N) is 1. The highest BCUT2D eigenvalue weighted by Gasteiger charge is 2.44. The van der Waals surface area contributed by atoms with Crippen LogP contribution in [0.2, 0.25) is 0 Å². The molecule has 1 fully saturated rings. The molecule has 0 aromatic carbocycles. The molecule has 0 aromatic rings. The number of likely N-dealkylation sites (N-methyl/N-ethyl adjacent to an activating group) is 1. The van der Waals surface area contributed by atoms with Crippen LogP contribution in [0.3, 0.4) is 0 Å². The molecule has 1 aliphatic carbocycles. The second-order valence-corrected chi connectivity index (χ2v) is 4.98. The van der Waals surface area contributed by atoms with Crippen LogP contribution in [0.4, 0.5) is 0 Å². The van der Waals surface area contributed by atoms with E-state index in [0.29, 0.717) is 12.5 Å². The summed E-state index contributed by atoms with van der Waals surface area (Å²) in [6, 6.07) is 0. The molecule has 1 unspecified atom stereocenters. The predicted octanol–water partition coefficient (Wildman–Crippen LogP) is 0.705. The molecule has 0 aromatic heterocycles. The van der Waals surface area contributed by atoms with Crippen LogP contribution in [0, 0.1) is 5.92 Å². The van der Waals surface area contributed by atoms with Crippen LogP contribution in [0.1, 0.15) is 26.7 Å². The first kappa shape index (κ1) is 14.9. The van der Waals surface area contributed by atoms with E-state index >= 15 is 0 Å². The molecule has 0 saturated heterocycles. The van der Waals surface area contributed by atoms with Crippen LogP contribution < -0.4 is 5.32 Å². The quantitative estimate of drug-likeness (QED) is 0.594. The van der Waals surface area contributed by atoms with Crippen LogP contribution in [0.25, 0.3) is 0 Å². The summed E-state index contributed by atoms with van der Waals surface area (Å²) >= 11 is 0. The maximum absolute atomic E-state index is 9.64. The number of methoxy groups -OCH3 is 1. The first-order valence-corrected chi connectivity index (χ1v) is 6.79. The summed E-state index contributed by atoms with van der Waals surface area (Å²) in [7, 11) is 1.71. The van der Waals surface area contributed by atoms with Gasteiger partial charge in [-0.05, 0) is 31.8 Å². The summed E-state index contributed by atoms with van der Waals surface area (Å²) in [5.41, 5.74) is -0.206. The maximum atomic E-state index is 9.64. The van der Waals surface area contributed by atoms with Gasteiger partial charge in [-0.1, -0.05) is 13.8 Å². The van der Waals surface area contributed by atoms with Crippen molar-refractivity contribution in [2.45, 2.75) is 32.2 Å². The molecule has 0 radical (unpaired) electrons. The summed E-state index contributed by atoms with van der Waals surface area (Å²) in [6.45, 7) is 9.25. The molecule has 1 rings (SSSR count). The standard InChI is InChI=1S/C13H28N2O2/c1-4-15(5-2)9-8-14-13(10-16,11-17-3)12-6-7-12/h12,14,16H,4-11H2,1-3H3. The minimum Gasteiger partial charge on any atom is -0.394 e. The van der Waals surface area contributed by atoms with Crippen LogP contribution in [0.15, 0.2) is 0 Å². The van der Waals surface area contributed by atoms with Crippen molar-refractivity contribution in [3.05, 3.63) is 0 Å². The van der Waals surface area contributed by atoms with Crippen LogP contribution in [-0.2, 0) is 4.74 Å². The highest BCUT2D eigenvalue weighted by atomic mass is 16.5. The number of rotatable bonds is 10. The molecule has 4 nitrogen and oxygen atoms in total. The lowest BCUT2D eigenvalue weighted by Gasteiger charge is -2.33. The van der Waals surface area contributed by atoms with Gasteiger partial charge in [0.15, 0.2) is 0 Å². The Kier molecular flexibility index (Phi) is 6.41. The Morgan fingerprint density at radius 2 is 2.00 bits per heavy atom. The molecule has 0 spiro atoms. The van der Waals surface area contributed by atoms with Gasteiger partial charge in [0.1, 0.15) is 0 Å². The van der Waals surface area contributed by atoms with Crippen molar-refractivity contribution >= 4 is 0 Å². The molecule has 17 heavy (non-hydrogen) atoms. The van der Waals surface area contributed by atoms with E-state index < -0.39 is 0 Å². The van der Waals surface area contributed by atoms with E-state index in [9.17, 15) is 5.11 Å². The molecular formula is C13H28N2O2. The van der Waals surface area contributed by atoms with Crippen molar-refractivity contribution in [1.82, 2.24) is 10.2 Å². The van der Waals surface area contributed by atoms with Gasteiger partial charge in [0.2, 0.25) is 0 Å². The first-order valence-electron chi connectivity index (χ1n) is 6.79. The number of aliphatic hydroxyl groups excluding tert-OH is 1. The number of hydrogen-bond donors (Lipinski definition) is 2. The lowest BCUT2D eigenvalue weighted by Crippen LogP contribution is -2.55. The van der Waals surface area contributed by atoms with Gasteiger partial charge in [-0.3, -0.25) is 0 Å². The second-order valence-electron chi connectivity index (χ2n) is 4.98. The van der Waals surface area contributed by atoms with E-state index in [1.807, 2.05) is 0 Å². The Morgan fingerprint density at radius 1 is 1.35 bits per heavy atom. The molecule has 0 aliphatic heterocycles. The van der Waals surface area contributed by atoms with Gasteiger partial charge in [0.05, 0.1) is 18.8 Å². The fourth-order valence-corrected chi connectivity index (χ4v) is 2.44. The van der Waals surface area contributed by atoms with Crippen LogP contribution in [-0.4, -0.2) is 62.0 Å². The normalized spacial score (nSPS) is 19.6. The van der Waals surface area contributed by atoms with Gasteiger partial charge in [0, 0.05) is 20.2 Å². The van der Waals surface area contributed by atoms with Gasteiger partial charge in [-0.15, -0.1) is 0 Å². The van der Waals surface area contributed by atoms with E-state index in [4.69, 9.17) is 4.74 Å². The van der Waals surface area contributed by atoms with E-state index in [-0.39, 0.29) is 12.1 Å². The number of ether oxygens (including phenoxy) is 1. The van der Waals surface area contributed by atoms with Crippen molar-refractivity contribution in [2.75, 3.05) is 46.5 Å². The smallest absolute Gasteiger partial charge is 0.0679 e. The lowest BCUT2D eigenvalue weighted by atomic mass is 9.95. The Balaban J connectivity index is 2.38. The molecule has 102 valence electrons.